The van der Waals surface area contributed by atoms with Crippen LogP contribution in [-0.2, 0) is 4.74 Å². The van der Waals surface area contributed by atoms with Gasteiger partial charge in [-0.3, -0.25) is 4.90 Å². The first-order chi connectivity index (χ1) is 10.2. The summed E-state index contributed by atoms with van der Waals surface area (Å²) in [5.41, 5.74) is 6.44. The van der Waals surface area contributed by atoms with Gasteiger partial charge in [0, 0.05) is 25.2 Å². The number of hydrogen-bond acceptors (Lipinski definition) is 4. The van der Waals surface area contributed by atoms with Gasteiger partial charge < -0.3 is 15.2 Å². The molecule has 2 rings (SSSR count). The first kappa shape index (κ1) is 16.2. The molecule has 1 aliphatic heterocycles. The van der Waals surface area contributed by atoms with Crippen LogP contribution in [-0.4, -0.2) is 48.8 Å². The SMILES string of the molecule is CCC1CN(CCCOc2ccc(C(N)=S)cc2)CCO1. The van der Waals surface area contributed by atoms with E-state index in [0.717, 1.165) is 57.0 Å². The van der Waals surface area contributed by atoms with Crippen LogP contribution in [0.25, 0.3) is 0 Å². The molecule has 0 bridgehead atoms. The van der Waals surface area contributed by atoms with Gasteiger partial charge in [0.15, 0.2) is 0 Å². The van der Waals surface area contributed by atoms with E-state index in [1.54, 1.807) is 0 Å². The fraction of sp³-hybridized carbons (Fsp3) is 0.562. The number of benzene rings is 1. The Morgan fingerprint density at radius 3 is 2.86 bits per heavy atom. The molecule has 1 aromatic carbocycles. The van der Waals surface area contributed by atoms with Crippen LogP contribution >= 0.6 is 12.2 Å². The van der Waals surface area contributed by atoms with Crippen LogP contribution in [0.5, 0.6) is 5.75 Å². The third-order valence-electron chi connectivity index (χ3n) is 3.70. The fourth-order valence-corrected chi connectivity index (χ4v) is 2.56. The summed E-state index contributed by atoms with van der Waals surface area (Å²) in [6, 6.07) is 7.61. The van der Waals surface area contributed by atoms with Gasteiger partial charge in [-0.05, 0) is 37.1 Å². The molecule has 0 amide bonds. The van der Waals surface area contributed by atoms with Crippen molar-refractivity contribution in [1.29, 1.82) is 0 Å². The van der Waals surface area contributed by atoms with Crippen LogP contribution in [0, 0.1) is 0 Å². The Kier molecular flexibility index (Phi) is 6.42. The maximum Gasteiger partial charge on any atom is 0.119 e. The predicted molar refractivity (Wildman–Crippen MR) is 88.9 cm³/mol. The van der Waals surface area contributed by atoms with E-state index in [4.69, 9.17) is 27.4 Å². The number of hydrogen-bond donors (Lipinski definition) is 1. The Hall–Kier alpha value is -1.17. The van der Waals surface area contributed by atoms with E-state index in [1.807, 2.05) is 24.3 Å². The van der Waals surface area contributed by atoms with Gasteiger partial charge in [-0.1, -0.05) is 19.1 Å². The average molecular weight is 308 g/mol. The lowest BCUT2D eigenvalue weighted by Gasteiger charge is -2.32. The van der Waals surface area contributed by atoms with E-state index >= 15 is 0 Å². The monoisotopic (exact) mass is 308 g/mol. The van der Waals surface area contributed by atoms with Crippen LogP contribution in [0.4, 0.5) is 0 Å². The summed E-state index contributed by atoms with van der Waals surface area (Å²) in [4.78, 5) is 2.87. The Labute approximate surface area is 132 Å². The van der Waals surface area contributed by atoms with Gasteiger partial charge in [0.05, 0.1) is 19.3 Å². The molecular formula is C16H24N2O2S. The maximum absolute atomic E-state index is 5.74. The maximum atomic E-state index is 5.74. The second-order valence-corrected chi connectivity index (χ2v) is 5.73. The quantitative estimate of drug-likeness (QED) is 0.618. The fourth-order valence-electron chi connectivity index (χ4n) is 2.42. The van der Waals surface area contributed by atoms with Crippen LogP contribution in [0.15, 0.2) is 24.3 Å². The van der Waals surface area contributed by atoms with E-state index < -0.39 is 0 Å². The lowest BCUT2D eigenvalue weighted by molar-refractivity contribution is -0.0306. The Bertz CT molecular complexity index is 450. The lowest BCUT2D eigenvalue weighted by atomic mass is 10.2. The number of morpholine rings is 1. The molecule has 116 valence electrons. The van der Waals surface area contributed by atoms with Gasteiger partial charge in [0.25, 0.3) is 0 Å². The van der Waals surface area contributed by atoms with E-state index in [0.29, 0.717) is 11.1 Å². The number of rotatable bonds is 7. The zero-order valence-electron chi connectivity index (χ0n) is 12.6. The Morgan fingerprint density at radius 1 is 1.43 bits per heavy atom. The summed E-state index contributed by atoms with van der Waals surface area (Å²) in [5, 5.41) is 0. The summed E-state index contributed by atoms with van der Waals surface area (Å²) < 4.78 is 11.4. The smallest absolute Gasteiger partial charge is 0.119 e. The minimum atomic E-state index is 0.396. The van der Waals surface area contributed by atoms with Gasteiger partial charge in [0.2, 0.25) is 0 Å². The molecule has 0 spiro atoms. The van der Waals surface area contributed by atoms with E-state index in [2.05, 4.69) is 11.8 Å². The molecule has 0 aromatic heterocycles. The molecule has 21 heavy (non-hydrogen) atoms. The molecule has 1 aromatic rings. The van der Waals surface area contributed by atoms with Crippen molar-refractivity contribution < 1.29 is 9.47 Å². The Morgan fingerprint density at radius 2 is 2.19 bits per heavy atom. The van der Waals surface area contributed by atoms with Crippen molar-refractivity contribution >= 4 is 17.2 Å². The zero-order chi connectivity index (χ0) is 15.1. The molecule has 1 atom stereocenters. The zero-order valence-corrected chi connectivity index (χ0v) is 13.4. The molecule has 0 aliphatic carbocycles. The lowest BCUT2D eigenvalue weighted by Crippen LogP contribution is -2.42. The van der Waals surface area contributed by atoms with Crippen molar-refractivity contribution in [3.05, 3.63) is 29.8 Å². The summed E-state index contributed by atoms with van der Waals surface area (Å²) in [7, 11) is 0. The van der Waals surface area contributed by atoms with E-state index in [9.17, 15) is 0 Å². The standard InChI is InChI=1S/C16H24N2O2S/c1-2-14-12-18(9-11-20-14)8-3-10-19-15-6-4-13(5-7-15)16(17)21/h4-7,14H,2-3,8-12H2,1H3,(H2,17,21). The van der Waals surface area contributed by atoms with E-state index in [-0.39, 0.29) is 0 Å². The molecule has 2 N–H and O–H groups in total. The van der Waals surface area contributed by atoms with E-state index in [1.165, 1.54) is 0 Å². The normalized spacial score (nSPS) is 19.4. The van der Waals surface area contributed by atoms with Crippen LogP contribution in [0.3, 0.4) is 0 Å². The van der Waals surface area contributed by atoms with Gasteiger partial charge >= 0.3 is 0 Å². The molecule has 1 heterocycles. The number of thiocarbonyl (C=S) groups is 1. The second-order valence-electron chi connectivity index (χ2n) is 5.29. The second kappa shape index (κ2) is 8.32. The third-order valence-corrected chi connectivity index (χ3v) is 3.94. The van der Waals surface area contributed by atoms with Crippen molar-refractivity contribution in [2.75, 3.05) is 32.8 Å². The highest BCUT2D eigenvalue weighted by Gasteiger charge is 2.18. The summed E-state index contributed by atoms with van der Waals surface area (Å²) in [5.74, 6) is 0.864. The largest absolute Gasteiger partial charge is 0.494 e. The van der Waals surface area contributed by atoms with Gasteiger partial charge in [-0.2, -0.15) is 0 Å². The van der Waals surface area contributed by atoms with Gasteiger partial charge in [-0.25, -0.2) is 0 Å². The number of nitrogens with two attached hydrogens (primary N) is 1. The highest BCUT2D eigenvalue weighted by Crippen LogP contribution is 2.13. The van der Waals surface area contributed by atoms with Crippen LogP contribution in [0.2, 0.25) is 0 Å². The first-order valence-electron chi connectivity index (χ1n) is 7.55. The van der Waals surface area contributed by atoms with Crippen molar-refractivity contribution in [2.45, 2.75) is 25.9 Å². The van der Waals surface area contributed by atoms with Crippen molar-refractivity contribution in [1.82, 2.24) is 4.90 Å². The molecule has 5 heteroatoms. The summed E-state index contributed by atoms with van der Waals surface area (Å²) >= 11 is 4.92. The minimum Gasteiger partial charge on any atom is -0.494 e. The first-order valence-corrected chi connectivity index (χ1v) is 7.96. The average Bonchev–Trinajstić information content (AvgIpc) is 2.52. The summed E-state index contributed by atoms with van der Waals surface area (Å²) in [6.45, 7) is 6.87. The molecule has 1 fully saturated rings. The summed E-state index contributed by atoms with van der Waals surface area (Å²) in [6.07, 6.45) is 2.50. The molecule has 0 saturated carbocycles. The van der Waals surface area contributed by atoms with Crippen LogP contribution < -0.4 is 10.5 Å². The third kappa shape index (κ3) is 5.26. The number of ether oxygens (including phenoxy) is 2. The molecule has 1 saturated heterocycles. The Balaban J connectivity index is 1.66. The molecular weight excluding hydrogens is 284 g/mol. The number of nitrogens with zero attached hydrogens (tertiary/aromatic N) is 1. The topological polar surface area (TPSA) is 47.7 Å². The minimum absolute atomic E-state index is 0.396. The highest BCUT2D eigenvalue weighted by molar-refractivity contribution is 7.80. The van der Waals surface area contributed by atoms with Crippen LogP contribution in [0.1, 0.15) is 25.3 Å². The molecule has 0 radical (unpaired) electrons. The van der Waals surface area contributed by atoms with Gasteiger partial charge in [-0.15, -0.1) is 0 Å². The van der Waals surface area contributed by atoms with Crippen molar-refractivity contribution in [3.63, 3.8) is 0 Å². The van der Waals surface area contributed by atoms with Crippen molar-refractivity contribution in [3.8, 4) is 5.75 Å². The molecule has 4 nitrogen and oxygen atoms in total. The molecule has 1 unspecified atom stereocenters. The predicted octanol–water partition coefficient (Wildman–Crippen LogP) is 2.20. The van der Waals surface area contributed by atoms with Crippen molar-refractivity contribution in [2.24, 2.45) is 5.73 Å². The molecule has 1 aliphatic rings. The highest BCUT2D eigenvalue weighted by atomic mass is 32.1. The van der Waals surface area contributed by atoms with Gasteiger partial charge in [0.1, 0.15) is 10.7 Å².